The smallest absolute Gasteiger partial charge is 0.363 e. The van der Waals surface area contributed by atoms with Gasteiger partial charge in [-0.15, -0.1) is 0 Å². The van der Waals surface area contributed by atoms with Crippen LogP contribution in [0.15, 0.2) is 63.7 Å². The lowest BCUT2D eigenvalue weighted by Gasteiger charge is -2.01. The zero-order valence-corrected chi connectivity index (χ0v) is 14.2. The minimum Gasteiger partial charge on any atom is -0.427 e. The SMILES string of the molecule is CC(=O)Oc1ccc(/C=C2\N=C(c3ccccc3Br)OC2=O)cc1. The Morgan fingerprint density at radius 2 is 1.88 bits per heavy atom. The molecular formula is C18H12BrNO4. The second kappa shape index (κ2) is 6.80. The molecule has 0 atom stereocenters. The largest absolute Gasteiger partial charge is 0.427 e. The number of esters is 2. The van der Waals surface area contributed by atoms with Gasteiger partial charge in [0, 0.05) is 11.4 Å². The summed E-state index contributed by atoms with van der Waals surface area (Å²) in [6.07, 6.45) is 1.61. The number of nitrogens with zero attached hydrogens (tertiary/aromatic N) is 1. The molecule has 0 N–H and O–H groups in total. The highest BCUT2D eigenvalue weighted by atomic mass is 79.9. The summed E-state index contributed by atoms with van der Waals surface area (Å²) < 4.78 is 11.0. The van der Waals surface area contributed by atoms with Crippen LogP contribution >= 0.6 is 15.9 Å². The molecule has 0 saturated carbocycles. The van der Waals surface area contributed by atoms with Crippen LogP contribution in [0.1, 0.15) is 18.1 Å². The number of carbonyl (C=O) groups is 2. The maximum absolute atomic E-state index is 12.0. The monoisotopic (exact) mass is 385 g/mol. The van der Waals surface area contributed by atoms with Gasteiger partial charge in [-0.05, 0) is 51.8 Å². The fraction of sp³-hybridized carbons (Fsp3) is 0.0556. The Hall–Kier alpha value is -2.73. The van der Waals surface area contributed by atoms with Crippen molar-refractivity contribution in [3.63, 3.8) is 0 Å². The molecule has 2 aromatic carbocycles. The minimum absolute atomic E-state index is 0.209. The predicted octanol–water partition coefficient (Wildman–Crippen LogP) is 3.72. The van der Waals surface area contributed by atoms with Crippen LogP contribution in [0.3, 0.4) is 0 Å². The normalized spacial score (nSPS) is 15.2. The van der Waals surface area contributed by atoms with Gasteiger partial charge in [-0.3, -0.25) is 4.79 Å². The number of benzene rings is 2. The average molecular weight is 386 g/mol. The van der Waals surface area contributed by atoms with E-state index >= 15 is 0 Å². The van der Waals surface area contributed by atoms with E-state index in [9.17, 15) is 9.59 Å². The average Bonchev–Trinajstić information content (AvgIpc) is 2.90. The van der Waals surface area contributed by atoms with Gasteiger partial charge >= 0.3 is 11.9 Å². The molecule has 0 fully saturated rings. The van der Waals surface area contributed by atoms with E-state index < -0.39 is 5.97 Å². The molecule has 3 rings (SSSR count). The Bertz CT molecular complexity index is 869. The number of ether oxygens (including phenoxy) is 2. The highest BCUT2D eigenvalue weighted by molar-refractivity contribution is 9.10. The van der Waals surface area contributed by atoms with Crippen molar-refractivity contribution < 1.29 is 19.1 Å². The van der Waals surface area contributed by atoms with Crippen molar-refractivity contribution in [2.75, 3.05) is 0 Å². The summed E-state index contributed by atoms with van der Waals surface area (Å²) in [6.45, 7) is 1.34. The van der Waals surface area contributed by atoms with Crippen molar-refractivity contribution in [2.24, 2.45) is 4.99 Å². The number of halogens is 1. The molecule has 0 aliphatic carbocycles. The van der Waals surface area contributed by atoms with Crippen LogP contribution in [-0.4, -0.2) is 17.8 Å². The van der Waals surface area contributed by atoms with Crippen LogP contribution < -0.4 is 4.74 Å². The molecule has 24 heavy (non-hydrogen) atoms. The molecule has 6 heteroatoms. The predicted molar refractivity (Wildman–Crippen MR) is 92.5 cm³/mol. The van der Waals surface area contributed by atoms with Crippen LogP contribution in [-0.2, 0) is 14.3 Å². The van der Waals surface area contributed by atoms with E-state index in [1.165, 1.54) is 6.92 Å². The first kappa shape index (κ1) is 16.1. The number of cyclic esters (lactones) is 1. The molecule has 0 aromatic heterocycles. The Labute approximate surface area is 146 Å². The van der Waals surface area contributed by atoms with E-state index in [1.54, 1.807) is 30.3 Å². The first-order chi connectivity index (χ1) is 11.5. The second-order valence-corrected chi connectivity index (χ2v) is 5.83. The van der Waals surface area contributed by atoms with Crippen LogP contribution in [0.5, 0.6) is 5.75 Å². The lowest BCUT2D eigenvalue weighted by atomic mass is 10.2. The summed E-state index contributed by atoms with van der Waals surface area (Å²) in [5.41, 5.74) is 1.66. The van der Waals surface area contributed by atoms with Gasteiger partial charge in [-0.25, -0.2) is 9.79 Å². The summed E-state index contributed by atoms with van der Waals surface area (Å²) in [4.78, 5) is 27.2. The molecule has 1 aliphatic heterocycles. The van der Waals surface area contributed by atoms with E-state index in [1.807, 2.05) is 24.3 Å². The van der Waals surface area contributed by atoms with Gasteiger partial charge in [0.1, 0.15) is 5.75 Å². The van der Waals surface area contributed by atoms with Crippen molar-refractivity contribution in [3.8, 4) is 5.75 Å². The van der Waals surface area contributed by atoms with Gasteiger partial charge in [0.2, 0.25) is 5.90 Å². The third-order valence-electron chi connectivity index (χ3n) is 3.17. The first-order valence-corrected chi connectivity index (χ1v) is 7.88. The number of carbonyl (C=O) groups excluding carboxylic acids is 2. The zero-order valence-electron chi connectivity index (χ0n) is 12.7. The second-order valence-electron chi connectivity index (χ2n) is 4.98. The van der Waals surface area contributed by atoms with Gasteiger partial charge in [0.05, 0.1) is 5.56 Å². The molecule has 1 aliphatic rings. The molecular weight excluding hydrogens is 374 g/mol. The third-order valence-corrected chi connectivity index (χ3v) is 3.86. The van der Waals surface area contributed by atoms with Crippen molar-refractivity contribution in [1.82, 2.24) is 0 Å². The van der Waals surface area contributed by atoms with Crippen LogP contribution in [0.2, 0.25) is 0 Å². The van der Waals surface area contributed by atoms with Gasteiger partial charge in [-0.1, -0.05) is 24.3 Å². The van der Waals surface area contributed by atoms with Crippen LogP contribution in [0.25, 0.3) is 6.08 Å². The first-order valence-electron chi connectivity index (χ1n) is 7.09. The van der Waals surface area contributed by atoms with Crippen molar-refractivity contribution >= 4 is 39.8 Å². The third kappa shape index (κ3) is 3.60. The molecule has 0 unspecified atom stereocenters. The molecule has 120 valence electrons. The Kier molecular flexibility index (Phi) is 4.57. The summed E-state index contributed by atoms with van der Waals surface area (Å²) in [6, 6.07) is 14.1. The molecule has 0 bridgehead atoms. The highest BCUT2D eigenvalue weighted by Gasteiger charge is 2.25. The number of hydrogen-bond acceptors (Lipinski definition) is 5. The van der Waals surface area contributed by atoms with Gasteiger partial charge in [0.25, 0.3) is 0 Å². The highest BCUT2D eigenvalue weighted by Crippen LogP contribution is 2.24. The molecule has 0 spiro atoms. The quantitative estimate of drug-likeness (QED) is 0.458. The summed E-state index contributed by atoms with van der Waals surface area (Å²) >= 11 is 3.41. The lowest BCUT2D eigenvalue weighted by molar-refractivity contribution is -0.132. The zero-order chi connectivity index (χ0) is 17.1. The van der Waals surface area contributed by atoms with E-state index in [0.717, 1.165) is 10.0 Å². The maximum Gasteiger partial charge on any atom is 0.363 e. The van der Waals surface area contributed by atoms with E-state index in [0.29, 0.717) is 11.3 Å². The van der Waals surface area contributed by atoms with Crippen LogP contribution in [0.4, 0.5) is 0 Å². The topological polar surface area (TPSA) is 65.0 Å². The molecule has 5 nitrogen and oxygen atoms in total. The Morgan fingerprint density at radius 1 is 1.17 bits per heavy atom. The number of rotatable bonds is 3. The van der Waals surface area contributed by atoms with E-state index in [4.69, 9.17) is 9.47 Å². The van der Waals surface area contributed by atoms with Gasteiger partial charge < -0.3 is 9.47 Å². The minimum atomic E-state index is -0.509. The fourth-order valence-corrected chi connectivity index (χ4v) is 2.57. The Morgan fingerprint density at radius 3 is 2.54 bits per heavy atom. The van der Waals surface area contributed by atoms with Crippen molar-refractivity contribution in [3.05, 3.63) is 69.8 Å². The lowest BCUT2D eigenvalue weighted by Crippen LogP contribution is -2.05. The molecule has 0 radical (unpaired) electrons. The van der Waals surface area contributed by atoms with Gasteiger partial charge in [-0.2, -0.15) is 0 Å². The van der Waals surface area contributed by atoms with E-state index in [2.05, 4.69) is 20.9 Å². The molecule has 0 saturated heterocycles. The molecule has 0 amide bonds. The summed E-state index contributed by atoms with van der Waals surface area (Å²) in [5, 5.41) is 0. The summed E-state index contributed by atoms with van der Waals surface area (Å²) in [7, 11) is 0. The fourth-order valence-electron chi connectivity index (χ4n) is 2.11. The number of hydrogen-bond donors (Lipinski definition) is 0. The standard InChI is InChI=1S/C18H12BrNO4/c1-11(21)23-13-8-6-12(7-9-13)10-16-18(22)24-17(20-16)14-4-2-3-5-15(14)19/h2-10H,1H3/b16-10-. The van der Waals surface area contributed by atoms with Crippen LogP contribution in [0, 0.1) is 0 Å². The molecule has 2 aromatic rings. The van der Waals surface area contributed by atoms with E-state index in [-0.39, 0.29) is 17.6 Å². The van der Waals surface area contributed by atoms with Crippen molar-refractivity contribution in [2.45, 2.75) is 6.92 Å². The van der Waals surface area contributed by atoms with Gasteiger partial charge in [0.15, 0.2) is 5.70 Å². The van der Waals surface area contributed by atoms with Crippen molar-refractivity contribution in [1.29, 1.82) is 0 Å². The summed E-state index contributed by atoms with van der Waals surface area (Å²) in [5.74, 6) is -0.195. The maximum atomic E-state index is 12.0. The Balaban J connectivity index is 1.86. The molecule has 1 heterocycles. The number of aliphatic imine (C=N–C) groups is 1.